The van der Waals surface area contributed by atoms with Gasteiger partial charge in [-0.25, -0.2) is 4.98 Å². The van der Waals surface area contributed by atoms with E-state index >= 15 is 0 Å². The molecule has 2 rings (SSSR count). The zero-order valence-electron chi connectivity index (χ0n) is 14.9. The molecule has 1 amide bonds. The summed E-state index contributed by atoms with van der Waals surface area (Å²) in [6.45, 7) is 10.9. The Labute approximate surface area is 145 Å². The number of thioether (sulfide) groups is 1. The first kappa shape index (κ1) is 18.5. The van der Waals surface area contributed by atoms with E-state index in [1.165, 1.54) is 11.8 Å². The molecule has 0 radical (unpaired) electrons. The minimum Gasteiger partial charge on any atom is -0.353 e. The fourth-order valence-electron chi connectivity index (χ4n) is 2.54. The van der Waals surface area contributed by atoms with Gasteiger partial charge in [-0.3, -0.25) is 18.8 Å². The highest BCUT2D eigenvalue weighted by Crippen LogP contribution is 2.20. The molecular formula is C16H25N5O2S. The Kier molecular flexibility index (Phi) is 6.04. The summed E-state index contributed by atoms with van der Waals surface area (Å²) in [4.78, 5) is 29.4. The Morgan fingerprint density at radius 3 is 2.62 bits per heavy atom. The highest BCUT2D eigenvalue weighted by atomic mass is 32.2. The Hall–Kier alpha value is -1.83. The Morgan fingerprint density at radius 2 is 2.04 bits per heavy atom. The van der Waals surface area contributed by atoms with E-state index in [-0.39, 0.29) is 23.3 Å². The van der Waals surface area contributed by atoms with E-state index in [0.717, 1.165) is 12.1 Å². The third kappa shape index (κ3) is 3.80. The third-order valence-electron chi connectivity index (χ3n) is 3.51. The van der Waals surface area contributed by atoms with E-state index in [2.05, 4.69) is 15.4 Å². The van der Waals surface area contributed by atoms with Gasteiger partial charge >= 0.3 is 0 Å². The molecule has 24 heavy (non-hydrogen) atoms. The van der Waals surface area contributed by atoms with Crippen molar-refractivity contribution in [2.24, 2.45) is 0 Å². The summed E-state index contributed by atoms with van der Waals surface area (Å²) in [5.74, 6) is 0.175. The van der Waals surface area contributed by atoms with Crippen LogP contribution in [0, 0.1) is 6.92 Å². The minimum absolute atomic E-state index is 0.0617. The van der Waals surface area contributed by atoms with E-state index in [0.29, 0.717) is 29.3 Å². The van der Waals surface area contributed by atoms with Crippen molar-refractivity contribution in [3.05, 3.63) is 16.0 Å². The van der Waals surface area contributed by atoms with Crippen molar-refractivity contribution in [1.82, 2.24) is 24.6 Å². The van der Waals surface area contributed by atoms with E-state index in [4.69, 9.17) is 0 Å². The van der Waals surface area contributed by atoms with Crippen LogP contribution in [0.15, 0.2) is 9.95 Å². The van der Waals surface area contributed by atoms with Gasteiger partial charge in [0.2, 0.25) is 5.91 Å². The highest BCUT2D eigenvalue weighted by Gasteiger charge is 2.18. The van der Waals surface area contributed by atoms with Gasteiger partial charge in [-0.1, -0.05) is 18.7 Å². The van der Waals surface area contributed by atoms with Crippen molar-refractivity contribution < 1.29 is 4.79 Å². The van der Waals surface area contributed by atoms with Gasteiger partial charge in [-0.05, 0) is 34.1 Å². The maximum absolute atomic E-state index is 12.9. The molecule has 0 spiro atoms. The van der Waals surface area contributed by atoms with Crippen LogP contribution in [-0.2, 0) is 17.9 Å². The molecule has 8 heteroatoms. The monoisotopic (exact) mass is 351 g/mol. The van der Waals surface area contributed by atoms with Gasteiger partial charge in [-0.15, -0.1) is 0 Å². The molecule has 2 aromatic rings. The summed E-state index contributed by atoms with van der Waals surface area (Å²) < 4.78 is 3.36. The van der Waals surface area contributed by atoms with Gasteiger partial charge in [0.25, 0.3) is 5.56 Å². The molecule has 0 aliphatic rings. The Morgan fingerprint density at radius 1 is 1.33 bits per heavy atom. The molecule has 0 saturated carbocycles. The zero-order valence-corrected chi connectivity index (χ0v) is 15.7. The van der Waals surface area contributed by atoms with E-state index in [1.54, 1.807) is 9.25 Å². The van der Waals surface area contributed by atoms with Crippen LogP contribution in [0.2, 0.25) is 0 Å². The maximum atomic E-state index is 12.9. The van der Waals surface area contributed by atoms with Crippen LogP contribution in [0.25, 0.3) is 11.0 Å². The normalized spacial score (nSPS) is 11.4. The van der Waals surface area contributed by atoms with E-state index in [9.17, 15) is 9.59 Å². The number of aromatic nitrogens is 4. The second-order valence-electron chi connectivity index (χ2n) is 5.96. The molecule has 0 atom stereocenters. The quantitative estimate of drug-likeness (QED) is 0.609. The Balaban J connectivity index is 2.45. The lowest BCUT2D eigenvalue weighted by molar-refractivity contribution is -0.119. The number of nitrogens with one attached hydrogen (secondary N) is 1. The van der Waals surface area contributed by atoms with Crippen LogP contribution in [0.5, 0.6) is 0 Å². The number of hydrogen-bond acceptors (Lipinski definition) is 5. The summed E-state index contributed by atoms with van der Waals surface area (Å²) >= 11 is 1.29. The SMILES string of the molecule is CCCn1c(SCC(=O)NC(C)C)nc2c(C)nn(CC)c2c1=O. The molecule has 0 aromatic carbocycles. The number of aryl methyl sites for hydroxylation is 2. The van der Waals surface area contributed by atoms with Crippen LogP contribution in [-0.4, -0.2) is 37.0 Å². The molecule has 0 aliphatic carbocycles. The first-order valence-electron chi connectivity index (χ1n) is 8.29. The number of carbonyl (C=O) groups excluding carboxylic acids is 1. The fraction of sp³-hybridized carbons (Fsp3) is 0.625. The number of carbonyl (C=O) groups is 1. The predicted octanol–water partition coefficient (Wildman–Crippen LogP) is 1.95. The zero-order chi connectivity index (χ0) is 17.9. The van der Waals surface area contributed by atoms with Gasteiger partial charge in [0.1, 0.15) is 5.52 Å². The van der Waals surface area contributed by atoms with Crippen LogP contribution in [0.3, 0.4) is 0 Å². The molecule has 0 bridgehead atoms. The summed E-state index contributed by atoms with van der Waals surface area (Å²) in [7, 11) is 0. The van der Waals surface area contributed by atoms with Crippen molar-refractivity contribution in [1.29, 1.82) is 0 Å². The largest absolute Gasteiger partial charge is 0.353 e. The molecule has 132 valence electrons. The number of amides is 1. The standard InChI is InChI=1S/C16H25N5O2S/c1-6-8-20-15(23)14-13(11(5)19-21(14)7-2)18-16(20)24-9-12(22)17-10(3)4/h10H,6-9H2,1-5H3,(H,17,22). The second kappa shape index (κ2) is 7.83. The van der Waals surface area contributed by atoms with Crippen LogP contribution >= 0.6 is 11.8 Å². The molecular weight excluding hydrogens is 326 g/mol. The van der Waals surface area contributed by atoms with Gasteiger partial charge in [0, 0.05) is 19.1 Å². The lowest BCUT2D eigenvalue weighted by Gasteiger charge is -2.12. The molecule has 7 nitrogen and oxygen atoms in total. The van der Waals surface area contributed by atoms with Gasteiger partial charge in [0.15, 0.2) is 10.7 Å². The maximum Gasteiger partial charge on any atom is 0.280 e. The second-order valence-corrected chi connectivity index (χ2v) is 6.90. The molecule has 0 saturated heterocycles. The minimum atomic E-state index is -0.0870. The van der Waals surface area contributed by atoms with Crippen molar-refractivity contribution in [3.8, 4) is 0 Å². The highest BCUT2D eigenvalue weighted by molar-refractivity contribution is 7.99. The van der Waals surface area contributed by atoms with Crippen molar-refractivity contribution in [2.45, 2.75) is 65.3 Å². The molecule has 1 N–H and O–H groups in total. The van der Waals surface area contributed by atoms with Gasteiger partial charge < -0.3 is 5.32 Å². The summed E-state index contributed by atoms with van der Waals surface area (Å²) in [6.07, 6.45) is 0.818. The number of nitrogens with zero attached hydrogens (tertiary/aromatic N) is 4. The summed E-state index contributed by atoms with van der Waals surface area (Å²) in [6, 6.07) is 0.0939. The van der Waals surface area contributed by atoms with Gasteiger partial charge in [0.05, 0.1) is 11.4 Å². The summed E-state index contributed by atoms with van der Waals surface area (Å²) in [5.41, 5.74) is 1.82. The predicted molar refractivity (Wildman–Crippen MR) is 96.5 cm³/mol. The smallest absolute Gasteiger partial charge is 0.280 e. The van der Waals surface area contributed by atoms with Gasteiger partial charge in [-0.2, -0.15) is 5.10 Å². The first-order chi connectivity index (χ1) is 11.4. The average Bonchev–Trinajstić information content (AvgIpc) is 2.84. The number of fused-ring (bicyclic) bond motifs is 1. The molecule has 2 aromatic heterocycles. The lowest BCUT2D eigenvalue weighted by Crippen LogP contribution is -2.32. The topological polar surface area (TPSA) is 81.8 Å². The molecule has 0 aliphatic heterocycles. The molecule has 0 unspecified atom stereocenters. The average molecular weight is 351 g/mol. The fourth-order valence-corrected chi connectivity index (χ4v) is 3.37. The van der Waals surface area contributed by atoms with Crippen molar-refractivity contribution in [2.75, 3.05) is 5.75 Å². The molecule has 0 fully saturated rings. The van der Waals surface area contributed by atoms with Crippen LogP contribution in [0.1, 0.15) is 39.8 Å². The van der Waals surface area contributed by atoms with Crippen molar-refractivity contribution >= 4 is 28.7 Å². The lowest BCUT2D eigenvalue weighted by atomic mass is 10.3. The van der Waals surface area contributed by atoms with Crippen LogP contribution < -0.4 is 10.9 Å². The van der Waals surface area contributed by atoms with E-state index in [1.807, 2.05) is 34.6 Å². The van der Waals surface area contributed by atoms with Crippen molar-refractivity contribution in [3.63, 3.8) is 0 Å². The van der Waals surface area contributed by atoms with Crippen LogP contribution in [0.4, 0.5) is 0 Å². The number of hydrogen-bond donors (Lipinski definition) is 1. The third-order valence-corrected chi connectivity index (χ3v) is 4.49. The summed E-state index contributed by atoms with van der Waals surface area (Å²) in [5, 5.41) is 7.82. The number of rotatable bonds is 7. The van der Waals surface area contributed by atoms with E-state index < -0.39 is 0 Å². The first-order valence-corrected chi connectivity index (χ1v) is 9.27. The Bertz CT molecular complexity index is 794. The molecule has 2 heterocycles.